The summed E-state index contributed by atoms with van der Waals surface area (Å²) in [5, 5.41) is 35.0. The molecule has 0 aromatic heterocycles. The minimum absolute atomic E-state index is 0.596. The van der Waals surface area contributed by atoms with E-state index in [0.29, 0.717) is 0 Å². The van der Waals surface area contributed by atoms with E-state index in [0.717, 1.165) is 0 Å². The van der Waals surface area contributed by atoms with Gasteiger partial charge in [-0.1, -0.05) is 0 Å². The second-order valence-electron chi connectivity index (χ2n) is 2.39. The van der Waals surface area contributed by atoms with Crippen LogP contribution in [0.2, 0.25) is 0 Å². The van der Waals surface area contributed by atoms with Crippen molar-refractivity contribution in [2.24, 2.45) is 5.73 Å². The van der Waals surface area contributed by atoms with Gasteiger partial charge in [-0.25, -0.2) is 0 Å². The van der Waals surface area contributed by atoms with Gasteiger partial charge in [0.1, 0.15) is 6.10 Å². The Labute approximate surface area is 65.1 Å². The molecule has 5 heteroatoms. The zero-order valence-electron chi connectivity index (χ0n) is 6.09. The number of nitrogens with two attached hydrogens (primary N) is 1. The summed E-state index contributed by atoms with van der Waals surface area (Å²) in [6.45, 7) is 2.56. The average molecular weight is 164 g/mol. The van der Waals surface area contributed by atoms with Crippen LogP contribution in [0.25, 0.3) is 0 Å². The number of hydrogen-bond donors (Lipinski definition) is 5. The van der Waals surface area contributed by atoms with Gasteiger partial charge in [0.2, 0.25) is 0 Å². The number of hydrogen-bond acceptors (Lipinski definition) is 5. The fraction of sp³-hybridized carbons (Fsp3) is 0.833. The minimum Gasteiger partial charge on any atom is -0.394 e. The molecule has 6 N–H and O–H groups in total. The third kappa shape index (κ3) is 3.13. The van der Waals surface area contributed by atoms with E-state index in [-0.39, 0.29) is 0 Å². The van der Waals surface area contributed by atoms with E-state index >= 15 is 0 Å². The van der Waals surface area contributed by atoms with E-state index in [1.165, 1.54) is 0 Å². The molecule has 0 heterocycles. The molecule has 0 aliphatic carbocycles. The van der Waals surface area contributed by atoms with Crippen molar-refractivity contribution in [2.75, 3.05) is 6.61 Å². The highest BCUT2D eigenvalue weighted by Crippen LogP contribution is 2.00. The number of aliphatic hydroxyl groups excluding tert-OH is 4. The lowest BCUT2D eigenvalue weighted by Crippen LogP contribution is -2.50. The maximum atomic E-state index is 9.02. The Morgan fingerprint density at radius 1 is 1.27 bits per heavy atom. The highest BCUT2D eigenvalue weighted by Gasteiger charge is 2.25. The highest BCUT2D eigenvalue weighted by molar-refractivity contribution is 4.84. The van der Waals surface area contributed by atoms with Crippen LogP contribution in [0.5, 0.6) is 0 Å². The van der Waals surface area contributed by atoms with Crippen LogP contribution < -0.4 is 5.73 Å². The molecule has 0 saturated carbocycles. The Morgan fingerprint density at radius 2 is 1.73 bits per heavy atom. The zero-order chi connectivity index (χ0) is 9.02. The van der Waals surface area contributed by atoms with Crippen molar-refractivity contribution < 1.29 is 20.4 Å². The van der Waals surface area contributed by atoms with Crippen LogP contribution >= 0.6 is 0 Å². The van der Waals surface area contributed by atoms with Gasteiger partial charge in [0, 0.05) is 0 Å². The van der Waals surface area contributed by atoms with Gasteiger partial charge in [0.05, 0.1) is 24.9 Å². The first-order valence-electron chi connectivity index (χ1n) is 3.24. The van der Waals surface area contributed by atoms with Crippen molar-refractivity contribution >= 4 is 0 Å². The van der Waals surface area contributed by atoms with Crippen LogP contribution in [0.15, 0.2) is 0 Å². The molecule has 11 heavy (non-hydrogen) atoms. The second-order valence-corrected chi connectivity index (χ2v) is 2.39. The number of rotatable bonds is 4. The van der Waals surface area contributed by atoms with Gasteiger partial charge < -0.3 is 26.2 Å². The largest absolute Gasteiger partial charge is 0.394 e. The van der Waals surface area contributed by atoms with Crippen molar-refractivity contribution in [2.45, 2.75) is 24.4 Å². The van der Waals surface area contributed by atoms with E-state index in [9.17, 15) is 0 Å². The van der Waals surface area contributed by atoms with Gasteiger partial charge >= 0.3 is 0 Å². The lowest BCUT2D eigenvalue weighted by Gasteiger charge is -2.24. The first kappa shape index (κ1) is 10.8. The van der Waals surface area contributed by atoms with Gasteiger partial charge in [-0.05, 0) is 6.92 Å². The molecule has 0 aromatic carbocycles. The molecular formula is C6H14NO4. The second kappa shape index (κ2) is 4.63. The lowest BCUT2D eigenvalue weighted by molar-refractivity contribution is -0.0423. The summed E-state index contributed by atoms with van der Waals surface area (Å²) >= 11 is 0. The summed E-state index contributed by atoms with van der Waals surface area (Å²) in [7, 11) is 0. The SMILES string of the molecule is [CH2]C(O)C(N)C(O)C(O)CO. The Bertz CT molecular complexity index is 109. The summed E-state index contributed by atoms with van der Waals surface area (Å²) in [4.78, 5) is 0. The van der Waals surface area contributed by atoms with E-state index in [1.54, 1.807) is 0 Å². The Hall–Kier alpha value is -0.200. The van der Waals surface area contributed by atoms with Gasteiger partial charge in [-0.15, -0.1) is 0 Å². The van der Waals surface area contributed by atoms with Crippen molar-refractivity contribution in [3.05, 3.63) is 6.92 Å². The molecule has 0 aliphatic rings. The van der Waals surface area contributed by atoms with E-state index < -0.39 is 31.0 Å². The predicted octanol–water partition coefficient (Wildman–Crippen LogP) is -2.78. The molecule has 4 atom stereocenters. The average Bonchev–Trinajstić information content (AvgIpc) is 2.00. The molecule has 0 fully saturated rings. The standard InChI is InChI=1S/C6H14NO4/c1-3(9)5(7)6(11)4(10)2-8/h3-6,8-11H,1-2,7H2. The molecule has 1 radical (unpaired) electrons. The zero-order valence-corrected chi connectivity index (χ0v) is 6.09. The molecule has 0 rings (SSSR count). The lowest BCUT2D eigenvalue weighted by atomic mass is 10.0. The molecule has 5 nitrogen and oxygen atoms in total. The fourth-order valence-electron chi connectivity index (χ4n) is 0.592. The third-order valence-corrected chi connectivity index (χ3v) is 1.42. The number of aliphatic hydroxyl groups is 4. The molecule has 67 valence electrons. The van der Waals surface area contributed by atoms with Gasteiger partial charge in [0.15, 0.2) is 0 Å². The first-order valence-corrected chi connectivity index (χ1v) is 3.24. The van der Waals surface area contributed by atoms with Crippen LogP contribution in [0.1, 0.15) is 0 Å². The molecule has 0 aromatic rings. The summed E-state index contributed by atoms with van der Waals surface area (Å²) in [6.07, 6.45) is -3.85. The van der Waals surface area contributed by atoms with Crippen molar-refractivity contribution in [1.29, 1.82) is 0 Å². The highest BCUT2D eigenvalue weighted by atomic mass is 16.4. The Morgan fingerprint density at radius 3 is 2.00 bits per heavy atom. The van der Waals surface area contributed by atoms with Crippen molar-refractivity contribution in [3.63, 3.8) is 0 Å². The normalized spacial score (nSPS) is 22.4. The molecule has 0 spiro atoms. The Balaban J connectivity index is 3.90. The maximum Gasteiger partial charge on any atom is 0.104 e. The molecule has 0 amide bonds. The van der Waals surface area contributed by atoms with Crippen LogP contribution in [0, 0.1) is 6.92 Å². The van der Waals surface area contributed by atoms with E-state index in [1.807, 2.05) is 0 Å². The van der Waals surface area contributed by atoms with E-state index in [2.05, 4.69) is 6.92 Å². The monoisotopic (exact) mass is 164 g/mol. The Kier molecular flexibility index (Phi) is 4.55. The smallest absolute Gasteiger partial charge is 0.104 e. The van der Waals surface area contributed by atoms with Crippen LogP contribution in [-0.2, 0) is 0 Å². The van der Waals surface area contributed by atoms with Crippen molar-refractivity contribution in [3.8, 4) is 0 Å². The summed E-state index contributed by atoms with van der Waals surface area (Å²) in [5.74, 6) is 0. The van der Waals surface area contributed by atoms with Crippen LogP contribution in [0.4, 0.5) is 0 Å². The molecule has 0 saturated heterocycles. The molecule has 0 bridgehead atoms. The molecule has 0 aliphatic heterocycles. The van der Waals surface area contributed by atoms with E-state index in [4.69, 9.17) is 26.2 Å². The molecule has 4 unspecified atom stereocenters. The maximum absolute atomic E-state index is 9.02. The van der Waals surface area contributed by atoms with Gasteiger partial charge in [-0.2, -0.15) is 0 Å². The third-order valence-electron chi connectivity index (χ3n) is 1.42. The van der Waals surface area contributed by atoms with Crippen molar-refractivity contribution in [1.82, 2.24) is 0 Å². The quantitative estimate of drug-likeness (QED) is 0.309. The minimum atomic E-state index is -1.35. The fourth-order valence-corrected chi connectivity index (χ4v) is 0.592. The molecular weight excluding hydrogens is 150 g/mol. The van der Waals surface area contributed by atoms with Gasteiger partial charge in [0.25, 0.3) is 0 Å². The summed E-state index contributed by atoms with van der Waals surface area (Å²) < 4.78 is 0. The first-order chi connectivity index (χ1) is 5.00. The summed E-state index contributed by atoms with van der Waals surface area (Å²) in [5.41, 5.74) is 5.20. The predicted molar refractivity (Wildman–Crippen MR) is 38.4 cm³/mol. The van der Waals surface area contributed by atoms with Crippen LogP contribution in [-0.4, -0.2) is 51.4 Å². The summed E-state index contributed by atoms with van der Waals surface area (Å²) in [6, 6.07) is -1.04. The van der Waals surface area contributed by atoms with Crippen LogP contribution in [0.3, 0.4) is 0 Å². The topological polar surface area (TPSA) is 107 Å². The van der Waals surface area contributed by atoms with Gasteiger partial charge in [-0.3, -0.25) is 0 Å².